The molecule has 1 saturated heterocycles. The van der Waals surface area contributed by atoms with Gasteiger partial charge in [-0.25, -0.2) is 13.1 Å². The maximum Gasteiger partial charge on any atom is 0.240 e. The Balaban J connectivity index is 1.95. The van der Waals surface area contributed by atoms with Crippen LogP contribution in [0.3, 0.4) is 0 Å². The Morgan fingerprint density at radius 2 is 1.73 bits per heavy atom. The third-order valence-corrected chi connectivity index (χ3v) is 5.53. The standard InChI is InChI=1S/C16H26N2O3S/c1-13(2)15-4-6-16(7-5-15)22(19,20)17-12-14(3)18-8-10-21-11-9-18/h4-7,13-14,17H,8-12H2,1-3H3. The largest absolute Gasteiger partial charge is 0.379 e. The van der Waals surface area contributed by atoms with Crippen LogP contribution in [0.2, 0.25) is 0 Å². The lowest BCUT2D eigenvalue weighted by Crippen LogP contribution is -2.47. The predicted molar refractivity (Wildman–Crippen MR) is 87.6 cm³/mol. The van der Waals surface area contributed by atoms with Gasteiger partial charge in [0.25, 0.3) is 0 Å². The van der Waals surface area contributed by atoms with Crippen LogP contribution in [0.5, 0.6) is 0 Å². The molecular weight excluding hydrogens is 300 g/mol. The summed E-state index contributed by atoms with van der Waals surface area (Å²) in [4.78, 5) is 2.57. The Kier molecular flexibility index (Phi) is 5.97. The van der Waals surface area contributed by atoms with Crippen molar-refractivity contribution in [1.82, 2.24) is 9.62 Å². The molecule has 1 aliphatic rings. The fourth-order valence-corrected chi connectivity index (χ4v) is 3.61. The zero-order valence-electron chi connectivity index (χ0n) is 13.6. The smallest absolute Gasteiger partial charge is 0.240 e. The minimum atomic E-state index is -3.44. The minimum absolute atomic E-state index is 0.161. The molecule has 6 heteroatoms. The number of nitrogens with zero attached hydrogens (tertiary/aromatic N) is 1. The molecule has 1 aliphatic heterocycles. The highest BCUT2D eigenvalue weighted by Gasteiger charge is 2.20. The molecule has 1 unspecified atom stereocenters. The van der Waals surface area contributed by atoms with E-state index in [1.54, 1.807) is 12.1 Å². The van der Waals surface area contributed by atoms with Crippen molar-refractivity contribution in [3.63, 3.8) is 0 Å². The van der Waals surface area contributed by atoms with Crippen LogP contribution in [-0.4, -0.2) is 52.2 Å². The summed E-state index contributed by atoms with van der Waals surface area (Å²) >= 11 is 0. The summed E-state index contributed by atoms with van der Waals surface area (Å²) in [6.45, 7) is 9.76. The van der Waals surface area contributed by atoms with Crippen molar-refractivity contribution >= 4 is 10.0 Å². The third-order valence-electron chi connectivity index (χ3n) is 4.09. The first-order chi connectivity index (χ1) is 10.4. The van der Waals surface area contributed by atoms with Crippen LogP contribution in [0.1, 0.15) is 32.3 Å². The number of morpholine rings is 1. The highest BCUT2D eigenvalue weighted by atomic mass is 32.2. The third kappa shape index (κ3) is 4.52. The molecule has 1 aromatic rings. The van der Waals surface area contributed by atoms with E-state index in [4.69, 9.17) is 4.74 Å². The molecule has 5 nitrogen and oxygen atoms in total. The Morgan fingerprint density at radius 1 is 1.14 bits per heavy atom. The second kappa shape index (κ2) is 7.55. The Bertz CT molecular complexity index is 564. The van der Waals surface area contributed by atoms with E-state index in [2.05, 4.69) is 23.5 Å². The average molecular weight is 326 g/mol. The van der Waals surface area contributed by atoms with E-state index in [9.17, 15) is 8.42 Å². The van der Waals surface area contributed by atoms with E-state index in [-0.39, 0.29) is 6.04 Å². The van der Waals surface area contributed by atoms with E-state index in [1.165, 1.54) is 0 Å². The number of sulfonamides is 1. The fourth-order valence-electron chi connectivity index (χ4n) is 2.49. The number of rotatable bonds is 6. The van der Waals surface area contributed by atoms with E-state index < -0.39 is 10.0 Å². The van der Waals surface area contributed by atoms with Gasteiger partial charge in [-0.3, -0.25) is 4.90 Å². The van der Waals surface area contributed by atoms with Gasteiger partial charge in [0.05, 0.1) is 18.1 Å². The normalized spacial score (nSPS) is 18.5. The second-order valence-corrected chi connectivity index (χ2v) is 7.84. The van der Waals surface area contributed by atoms with Gasteiger partial charge in [-0.2, -0.15) is 0 Å². The molecule has 124 valence electrons. The van der Waals surface area contributed by atoms with Gasteiger partial charge in [-0.05, 0) is 30.5 Å². The monoisotopic (exact) mass is 326 g/mol. The van der Waals surface area contributed by atoms with E-state index in [0.29, 0.717) is 30.6 Å². The van der Waals surface area contributed by atoms with Crippen molar-refractivity contribution in [3.05, 3.63) is 29.8 Å². The average Bonchev–Trinajstić information content (AvgIpc) is 2.53. The van der Waals surface area contributed by atoms with Crippen LogP contribution in [0.15, 0.2) is 29.2 Å². The first kappa shape index (κ1) is 17.4. The Hall–Kier alpha value is -0.950. The maximum atomic E-state index is 12.3. The highest BCUT2D eigenvalue weighted by Crippen LogP contribution is 2.17. The summed E-state index contributed by atoms with van der Waals surface area (Å²) in [5.41, 5.74) is 1.14. The molecule has 0 radical (unpaired) electrons. The van der Waals surface area contributed by atoms with Crippen molar-refractivity contribution in [2.45, 2.75) is 37.6 Å². The van der Waals surface area contributed by atoms with Gasteiger partial charge in [-0.1, -0.05) is 26.0 Å². The molecule has 2 rings (SSSR count). The van der Waals surface area contributed by atoms with Gasteiger partial charge in [0.15, 0.2) is 0 Å². The van der Waals surface area contributed by atoms with Gasteiger partial charge in [0.1, 0.15) is 0 Å². The zero-order chi connectivity index (χ0) is 16.2. The van der Waals surface area contributed by atoms with Crippen LogP contribution in [0.25, 0.3) is 0 Å². The molecular formula is C16H26N2O3S. The van der Waals surface area contributed by atoms with Crippen molar-refractivity contribution < 1.29 is 13.2 Å². The maximum absolute atomic E-state index is 12.3. The molecule has 1 atom stereocenters. The number of hydrogen-bond acceptors (Lipinski definition) is 4. The van der Waals surface area contributed by atoms with Crippen LogP contribution >= 0.6 is 0 Å². The van der Waals surface area contributed by atoms with Crippen molar-refractivity contribution in [2.75, 3.05) is 32.8 Å². The summed E-state index contributed by atoms with van der Waals surface area (Å²) in [6, 6.07) is 7.28. The molecule has 0 spiro atoms. The molecule has 0 aliphatic carbocycles. The number of benzene rings is 1. The number of hydrogen-bond donors (Lipinski definition) is 1. The molecule has 1 aromatic carbocycles. The number of ether oxygens (including phenoxy) is 1. The van der Waals surface area contributed by atoms with Gasteiger partial charge in [0.2, 0.25) is 10.0 Å². The van der Waals surface area contributed by atoms with Crippen molar-refractivity contribution in [1.29, 1.82) is 0 Å². The lowest BCUT2D eigenvalue weighted by atomic mass is 10.0. The quantitative estimate of drug-likeness (QED) is 0.866. The van der Waals surface area contributed by atoms with E-state index >= 15 is 0 Å². The Labute approximate surface area is 133 Å². The van der Waals surface area contributed by atoms with Gasteiger partial charge in [0, 0.05) is 25.7 Å². The molecule has 1 heterocycles. The molecule has 0 bridgehead atoms. The Morgan fingerprint density at radius 3 is 2.27 bits per heavy atom. The zero-order valence-corrected chi connectivity index (χ0v) is 14.4. The predicted octanol–water partition coefficient (Wildman–Crippen LogP) is 1.81. The van der Waals surface area contributed by atoms with Crippen LogP contribution < -0.4 is 4.72 Å². The number of nitrogens with one attached hydrogen (secondary N) is 1. The van der Waals surface area contributed by atoms with Gasteiger partial charge < -0.3 is 4.74 Å². The molecule has 1 N–H and O–H groups in total. The summed E-state index contributed by atoms with van der Waals surface area (Å²) in [6.07, 6.45) is 0. The summed E-state index contributed by atoms with van der Waals surface area (Å²) < 4.78 is 32.7. The van der Waals surface area contributed by atoms with Crippen LogP contribution in [-0.2, 0) is 14.8 Å². The molecule has 0 saturated carbocycles. The first-order valence-electron chi connectivity index (χ1n) is 7.81. The minimum Gasteiger partial charge on any atom is -0.379 e. The van der Waals surface area contributed by atoms with Crippen LogP contribution in [0.4, 0.5) is 0 Å². The van der Waals surface area contributed by atoms with E-state index in [0.717, 1.165) is 18.7 Å². The second-order valence-electron chi connectivity index (χ2n) is 6.07. The SMILES string of the molecule is CC(C)c1ccc(S(=O)(=O)NCC(C)N2CCOCC2)cc1. The summed E-state index contributed by atoms with van der Waals surface area (Å²) in [7, 11) is -3.44. The first-order valence-corrected chi connectivity index (χ1v) is 9.30. The van der Waals surface area contributed by atoms with Gasteiger partial charge >= 0.3 is 0 Å². The molecule has 0 amide bonds. The van der Waals surface area contributed by atoms with Gasteiger partial charge in [-0.15, -0.1) is 0 Å². The molecule has 0 aromatic heterocycles. The highest BCUT2D eigenvalue weighted by molar-refractivity contribution is 7.89. The van der Waals surface area contributed by atoms with Crippen molar-refractivity contribution in [2.24, 2.45) is 0 Å². The van der Waals surface area contributed by atoms with E-state index in [1.807, 2.05) is 19.1 Å². The van der Waals surface area contributed by atoms with Crippen LogP contribution in [0, 0.1) is 0 Å². The lowest BCUT2D eigenvalue weighted by Gasteiger charge is -2.32. The topological polar surface area (TPSA) is 58.6 Å². The molecule has 22 heavy (non-hydrogen) atoms. The summed E-state index contributed by atoms with van der Waals surface area (Å²) in [5, 5.41) is 0. The van der Waals surface area contributed by atoms with Crippen molar-refractivity contribution in [3.8, 4) is 0 Å². The summed E-state index contributed by atoms with van der Waals surface area (Å²) in [5.74, 6) is 0.394. The fraction of sp³-hybridized carbons (Fsp3) is 0.625. The lowest BCUT2D eigenvalue weighted by molar-refractivity contribution is 0.0213. The molecule has 1 fully saturated rings.